The number of carbonyl (C=O) groups excluding carboxylic acids is 1. The first-order valence-electron chi connectivity index (χ1n) is 7.03. The number of hydrogen-bond donors (Lipinski definition) is 2. The van der Waals surface area contributed by atoms with Crippen LogP contribution < -0.4 is 10.5 Å². The van der Waals surface area contributed by atoms with Crippen molar-refractivity contribution in [3.05, 3.63) is 35.9 Å². The lowest BCUT2D eigenvalue weighted by Crippen LogP contribution is -2.59. The van der Waals surface area contributed by atoms with E-state index >= 15 is 0 Å². The summed E-state index contributed by atoms with van der Waals surface area (Å²) in [5.41, 5.74) is 6.81. The van der Waals surface area contributed by atoms with E-state index in [9.17, 15) is 13.2 Å². The van der Waals surface area contributed by atoms with Gasteiger partial charge in [-0.15, -0.1) is 0 Å². The Labute approximate surface area is 130 Å². The molecule has 0 radical (unpaired) electrons. The number of likely N-dealkylation sites (tertiary alicyclic amines) is 1. The summed E-state index contributed by atoms with van der Waals surface area (Å²) in [5, 5.41) is 0. The Morgan fingerprint density at radius 2 is 2.09 bits per heavy atom. The van der Waals surface area contributed by atoms with E-state index in [-0.39, 0.29) is 19.2 Å². The topological polar surface area (TPSA) is 102 Å². The molecule has 1 aromatic rings. The Hall–Kier alpha value is -1.64. The van der Waals surface area contributed by atoms with Gasteiger partial charge in [-0.3, -0.25) is 0 Å². The summed E-state index contributed by atoms with van der Waals surface area (Å²) >= 11 is 0. The largest absolute Gasteiger partial charge is 0.445 e. The summed E-state index contributed by atoms with van der Waals surface area (Å²) < 4.78 is 30.4. The van der Waals surface area contributed by atoms with Crippen LogP contribution in [0.5, 0.6) is 0 Å². The first-order chi connectivity index (χ1) is 10.3. The van der Waals surface area contributed by atoms with Crippen LogP contribution in [-0.4, -0.2) is 50.8 Å². The lowest BCUT2D eigenvalue weighted by atomic mass is 10.0. The fourth-order valence-corrected chi connectivity index (χ4v) is 3.15. The van der Waals surface area contributed by atoms with E-state index in [0.717, 1.165) is 11.8 Å². The quantitative estimate of drug-likeness (QED) is 0.827. The van der Waals surface area contributed by atoms with Crippen molar-refractivity contribution in [2.75, 3.05) is 19.3 Å². The van der Waals surface area contributed by atoms with Crippen molar-refractivity contribution < 1.29 is 17.9 Å². The maximum Gasteiger partial charge on any atom is 0.410 e. The number of piperidine rings is 1. The van der Waals surface area contributed by atoms with E-state index in [0.29, 0.717) is 13.0 Å². The molecular formula is C14H21N3O4S. The number of rotatable bonds is 4. The highest BCUT2D eigenvalue weighted by atomic mass is 32.2. The van der Waals surface area contributed by atoms with Gasteiger partial charge in [-0.2, -0.15) is 0 Å². The summed E-state index contributed by atoms with van der Waals surface area (Å²) in [7, 11) is -3.37. The number of sulfonamides is 1. The predicted molar refractivity (Wildman–Crippen MR) is 82.6 cm³/mol. The Balaban J connectivity index is 1.90. The van der Waals surface area contributed by atoms with E-state index in [1.54, 1.807) is 0 Å². The van der Waals surface area contributed by atoms with Crippen LogP contribution in [-0.2, 0) is 21.4 Å². The highest BCUT2D eigenvalue weighted by molar-refractivity contribution is 7.88. The molecule has 3 N–H and O–H groups in total. The van der Waals surface area contributed by atoms with Crippen LogP contribution in [0.3, 0.4) is 0 Å². The van der Waals surface area contributed by atoms with E-state index in [1.165, 1.54) is 4.90 Å². The Morgan fingerprint density at radius 1 is 1.41 bits per heavy atom. The average molecular weight is 327 g/mol. The zero-order valence-electron chi connectivity index (χ0n) is 12.4. The molecule has 8 heteroatoms. The molecule has 1 heterocycles. The number of hydrogen-bond acceptors (Lipinski definition) is 5. The molecule has 1 saturated heterocycles. The molecule has 1 fully saturated rings. The number of benzene rings is 1. The van der Waals surface area contributed by atoms with Crippen molar-refractivity contribution in [1.29, 1.82) is 0 Å². The minimum absolute atomic E-state index is 0.187. The van der Waals surface area contributed by atoms with E-state index in [2.05, 4.69) is 4.72 Å². The molecule has 0 aromatic heterocycles. The number of amides is 1. The second-order valence-electron chi connectivity index (χ2n) is 5.44. The molecule has 2 rings (SSSR count). The smallest absolute Gasteiger partial charge is 0.410 e. The number of ether oxygens (including phenoxy) is 1. The number of nitrogens with zero attached hydrogens (tertiary/aromatic N) is 1. The molecule has 0 aliphatic carbocycles. The summed E-state index contributed by atoms with van der Waals surface area (Å²) in [4.78, 5) is 13.6. The number of nitrogens with one attached hydrogen (secondary N) is 1. The van der Waals surface area contributed by atoms with Gasteiger partial charge in [-0.1, -0.05) is 30.3 Å². The molecule has 0 saturated carbocycles. The third kappa shape index (κ3) is 4.97. The molecule has 7 nitrogen and oxygen atoms in total. The van der Waals surface area contributed by atoms with Crippen molar-refractivity contribution in [3.63, 3.8) is 0 Å². The summed E-state index contributed by atoms with van der Waals surface area (Å²) in [6.07, 6.45) is 1.14. The summed E-state index contributed by atoms with van der Waals surface area (Å²) in [6.45, 7) is 0.852. The molecule has 0 bridgehead atoms. The van der Waals surface area contributed by atoms with Crippen LogP contribution >= 0.6 is 0 Å². The number of carbonyl (C=O) groups is 1. The SMILES string of the molecule is CS(=O)(=O)NC1CN(C(=O)OCc2ccccc2)CCC1N. The van der Waals surface area contributed by atoms with Crippen molar-refractivity contribution in [3.8, 4) is 0 Å². The van der Waals surface area contributed by atoms with Gasteiger partial charge in [0, 0.05) is 19.1 Å². The van der Waals surface area contributed by atoms with Gasteiger partial charge in [0.25, 0.3) is 0 Å². The van der Waals surface area contributed by atoms with Crippen LogP contribution in [0.1, 0.15) is 12.0 Å². The second kappa shape index (κ2) is 7.08. The van der Waals surface area contributed by atoms with Crippen molar-refractivity contribution in [2.24, 2.45) is 5.73 Å². The first kappa shape index (κ1) is 16.7. The fourth-order valence-electron chi connectivity index (χ4n) is 2.35. The van der Waals surface area contributed by atoms with E-state index < -0.39 is 22.2 Å². The van der Waals surface area contributed by atoms with Crippen molar-refractivity contribution in [1.82, 2.24) is 9.62 Å². The lowest BCUT2D eigenvalue weighted by molar-refractivity contribution is 0.0821. The standard InChI is InChI=1S/C14H21N3O4S/c1-22(19,20)16-13-9-17(8-7-12(13)15)14(18)21-10-11-5-3-2-4-6-11/h2-6,12-13,16H,7-10,15H2,1H3. The Bertz CT molecular complexity index is 606. The van der Waals surface area contributed by atoms with Gasteiger partial charge >= 0.3 is 6.09 Å². The molecule has 1 aromatic carbocycles. The van der Waals surface area contributed by atoms with Gasteiger partial charge in [-0.25, -0.2) is 17.9 Å². The zero-order valence-corrected chi connectivity index (χ0v) is 13.3. The van der Waals surface area contributed by atoms with E-state index in [1.807, 2.05) is 30.3 Å². The third-order valence-electron chi connectivity index (χ3n) is 3.50. The minimum Gasteiger partial charge on any atom is -0.445 e. The molecule has 2 atom stereocenters. The molecule has 122 valence electrons. The molecule has 2 unspecified atom stereocenters. The van der Waals surface area contributed by atoms with Gasteiger partial charge < -0.3 is 15.4 Å². The molecule has 0 spiro atoms. The van der Waals surface area contributed by atoms with Gasteiger partial charge in [-0.05, 0) is 12.0 Å². The monoisotopic (exact) mass is 327 g/mol. The van der Waals surface area contributed by atoms with Gasteiger partial charge in [0.15, 0.2) is 0 Å². The van der Waals surface area contributed by atoms with Crippen LogP contribution in [0.2, 0.25) is 0 Å². The molecule has 1 aliphatic rings. The van der Waals surface area contributed by atoms with Crippen molar-refractivity contribution in [2.45, 2.75) is 25.1 Å². The highest BCUT2D eigenvalue weighted by Crippen LogP contribution is 2.12. The maximum atomic E-state index is 12.1. The highest BCUT2D eigenvalue weighted by Gasteiger charge is 2.31. The minimum atomic E-state index is -3.37. The van der Waals surface area contributed by atoms with Crippen LogP contribution in [0.25, 0.3) is 0 Å². The summed E-state index contributed by atoms with van der Waals surface area (Å²) in [5.74, 6) is 0. The normalized spacial score (nSPS) is 22.4. The second-order valence-corrected chi connectivity index (χ2v) is 7.22. The van der Waals surface area contributed by atoms with Crippen LogP contribution in [0.4, 0.5) is 4.79 Å². The van der Waals surface area contributed by atoms with E-state index in [4.69, 9.17) is 10.5 Å². The average Bonchev–Trinajstić information content (AvgIpc) is 2.47. The van der Waals surface area contributed by atoms with Crippen molar-refractivity contribution >= 4 is 16.1 Å². The zero-order chi connectivity index (χ0) is 16.2. The fraction of sp³-hybridized carbons (Fsp3) is 0.500. The lowest BCUT2D eigenvalue weighted by Gasteiger charge is -2.36. The van der Waals surface area contributed by atoms with Gasteiger partial charge in [0.2, 0.25) is 10.0 Å². The molecule has 22 heavy (non-hydrogen) atoms. The van der Waals surface area contributed by atoms with Gasteiger partial charge in [0.1, 0.15) is 6.61 Å². The molecular weight excluding hydrogens is 306 g/mol. The summed E-state index contributed by atoms with van der Waals surface area (Å²) in [6, 6.07) is 8.56. The Morgan fingerprint density at radius 3 is 2.73 bits per heavy atom. The number of nitrogens with two attached hydrogens (primary N) is 1. The predicted octanol–water partition coefficient (Wildman–Crippen LogP) is 0.274. The molecule has 1 amide bonds. The van der Waals surface area contributed by atoms with Gasteiger partial charge in [0.05, 0.1) is 12.3 Å². The molecule has 1 aliphatic heterocycles. The Kier molecular flexibility index (Phi) is 5.38. The first-order valence-corrected chi connectivity index (χ1v) is 8.93. The van der Waals surface area contributed by atoms with Crippen LogP contribution in [0.15, 0.2) is 30.3 Å². The maximum absolute atomic E-state index is 12.1. The van der Waals surface area contributed by atoms with Crippen LogP contribution in [0, 0.1) is 0 Å². The third-order valence-corrected chi connectivity index (χ3v) is 4.23.